The van der Waals surface area contributed by atoms with Crippen molar-refractivity contribution in [3.63, 3.8) is 0 Å². The summed E-state index contributed by atoms with van der Waals surface area (Å²) in [6, 6.07) is 1.81. The molecule has 0 saturated carbocycles. The number of aryl methyl sites for hydroxylation is 1. The van der Waals surface area contributed by atoms with Crippen molar-refractivity contribution in [2.24, 2.45) is 5.92 Å². The number of carbonyl (C=O) groups excluding carboxylic acids is 2. The number of nitrogens with zero attached hydrogens (tertiary/aromatic N) is 3. The Hall–Kier alpha value is -1.87. The molecule has 2 aliphatic rings. The summed E-state index contributed by atoms with van der Waals surface area (Å²) in [6.45, 7) is 4.92. The highest BCUT2D eigenvalue weighted by Gasteiger charge is 2.31. The van der Waals surface area contributed by atoms with Crippen molar-refractivity contribution >= 4 is 35.0 Å². The van der Waals surface area contributed by atoms with E-state index in [2.05, 4.69) is 28.5 Å². The second-order valence-electron chi connectivity index (χ2n) is 6.76. The number of thiophene rings is 1. The van der Waals surface area contributed by atoms with Gasteiger partial charge in [-0.2, -0.15) is 0 Å². The fourth-order valence-electron chi connectivity index (χ4n) is 3.27. The van der Waals surface area contributed by atoms with E-state index >= 15 is 0 Å². The Balaban J connectivity index is 1.45. The molecule has 0 bridgehead atoms. The molecule has 9 heteroatoms. The summed E-state index contributed by atoms with van der Waals surface area (Å²) in [4.78, 5) is 27.6. The van der Waals surface area contributed by atoms with E-state index in [-0.39, 0.29) is 11.9 Å². The number of carbonyl (C=O) groups is 2. The number of rotatable bonds is 4. The summed E-state index contributed by atoms with van der Waals surface area (Å²) in [5, 5.41) is 10.7. The molecule has 1 saturated heterocycles. The molecule has 1 N–H and O–H groups in total. The molecule has 3 amide bonds. The number of urea groups is 1. The quantitative estimate of drug-likeness (QED) is 0.805. The Morgan fingerprint density at radius 2 is 2.35 bits per heavy atom. The van der Waals surface area contributed by atoms with Crippen LogP contribution >= 0.6 is 23.1 Å². The Labute approximate surface area is 159 Å². The maximum Gasteiger partial charge on any atom is 0.324 e. The summed E-state index contributed by atoms with van der Waals surface area (Å²) in [5.41, 5.74) is 1.39. The molecular weight excluding hydrogens is 372 g/mol. The van der Waals surface area contributed by atoms with Gasteiger partial charge < -0.3 is 9.73 Å². The van der Waals surface area contributed by atoms with E-state index in [1.807, 2.05) is 0 Å². The molecule has 2 aromatic rings. The van der Waals surface area contributed by atoms with Crippen LogP contribution in [0.3, 0.4) is 0 Å². The maximum atomic E-state index is 12.4. The minimum atomic E-state index is -0.468. The van der Waals surface area contributed by atoms with Gasteiger partial charge in [0.15, 0.2) is 0 Å². The van der Waals surface area contributed by atoms with Gasteiger partial charge in [0.1, 0.15) is 0 Å². The van der Waals surface area contributed by atoms with Gasteiger partial charge in [-0.15, -0.1) is 21.5 Å². The first-order valence-corrected chi connectivity index (χ1v) is 10.4. The van der Waals surface area contributed by atoms with Crippen LogP contribution in [0.5, 0.6) is 0 Å². The average molecular weight is 393 g/mol. The standard InChI is InChI=1S/C17H20N4O3S2/c1-9-3-4-12-11(7-9)8-13(26-12)14-19-20-17(24-14)25-10(2)15(22)21-6-5-18-16(21)23/h8-10H,3-7H2,1-2H3,(H,18,23)/t9-,10+/m0/s1. The van der Waals surface area contributed by atoms with Gasteiger partial charge in [0.2, 0.25) is 5.91 Å². The normalized spacial score (nSPS) is 20.8. The molecule has 1 aliphatic carbocycles. The van der Waals surface area contributed by atoms with E-state index in [1.54, 1.807) is 18.3 Å². The molecule has 1 aliphatic heterocycles. The third-order valence-corrected chi connectivity index (χ3v) is 6.84. The number of hydrogen-bond donors (Lipinski definition) is 1. The van der Waals surface area contributed by atoms with E-state index in [9.17, 15) is 9.59 Å². The van der Waals surface area contributed by atoms with Crippen LogP contribution in [-0.2, 0) is 17.6 Å². The maximum absolute atomic E-state index is 12.4. The molecule has 0 unspecified atom stereocenters. The predicted molar refractivity (Wildman–Crippen MR) is 99.2 cm³/mol. The van der Waals surface area contributed by atoms with E-state index in [1.165, 1.54) is 33.5 Å². The smallest absolute Gasteiger partial charge is 0.324 e. The van der Waals surface area contributed by atoms with Crippen molar-refractivity contribution in [2.75, 3.05) is 13.1 Å². The molecule has 0 spiro atoms. The van der Waals surface area contributed by atoms with E-state index in [4.69, 9.17) is 4.42 Å². The Bertz CT molecular complexity index is 847. The number of aromatic nitrogens is 2. The zero-order valence-electron chi connectivity index (χ0n) is 14.7. The lowest BCUT2D eigenvalue weighted by molar-refractivity contribution is -0.126. The van der Waals surface area contributed by atoms with Crippen LogP contribution in [0.1, 0.15) is 30.7 Å². The van der Waals surface area contributed by atoms with Crippen molar-refractivity contribution < 1.29 is 14.0 Å². The summed E-state index contributed by atoms with van der Waals surface area (Å²) in [6.07, 6.45) is 3.44. The van der Waals surface area contributed by atoms with Crippen molar-refractivity contribution in [2.45, 2.75) is 43.6 Å². The number of fused-ring (bicyclic) bond motifs is 1. The van der Waals surface area contributed by atoms with Crippen molar-refractivity contribution in [1.82, 2.24) is 20.4 Å². The molecule has 2 atom stereocenters. The monoisotopic (exact) mass is 392 g/mol. The molecule has 1 fully saturated rings. The van der Waals surface area contributed by atoms with Gasteiger partial charge >= 0.3 is 6.03 Å². The molecule has 0 aromatic carbocycles. The Kier molecular flexibility index (Phi) is 4.74. The van der Waals surface area contributed by atoms with Crippen LogP contribution in [0.4, 0.5) is 4.79 Å². The minimum absolute atomic E-state index is 0.245. The lowest BCUT2D eigenvalue weighted by Crippen LogP contribution is -2.38. The Morgan fingerprint density at radius 3 is 3.12 bits per heavy atom. The van der Waals surface area contributed by atoms with Gasteiger partial charge in [-0.05, 0) is 43.7 Å². The number of amides is 3. The number of hydrogen-bond acceptors (Lipinski definition) is 7. The summed E-state index contributed by atoms with van der Waals surface area (Å²) in [7, 11) is 0. The zero-order valence-corrected chi connectivity index (χ0v) is 16.3. The van der Waals surface area contributed by atoms with Crippen LogP contribution in [0, 0.1) is 5.92 Å². The van der Waals surface area contributed by atoms with E-state index < -0.39 is 5.25 Å². The topological polar surface area (TPSA) is 88.3 Å². The lowest BCUT2D eigenvalue weighted by atomic mass is 9.90. The first-order chi connectivity index (χ1) is 12.5. The molecule has 138 valence electrons. The van der Waals surface area contributed by atoms with Crippen LogP contribution in [-0.4, -0.2) is 45.4 Å². The Morgan fingerprint density at radius 1 is 1.50 bits per heavy atom. The molecule has 0 radical (unpaired) electrons. The summed E-state index contributed by atoms with van der Waals surface area (Å²) < 4.78 is 5.76. The van der Waals surface area contributed by atoms with Gasteiger partial charge in [-0.1, -0.05) is 18.7 Å². The second-order valence-corrected chi connectivity index (χ2v) is 9.19. The van der Waals surface area contributed by atoms with Crippen molar-refractivity contribution in [3.8, 4) is 10.8 Å². The number of imide groups is 1. The average Bonchev–Trinajstić information content (AvgIpc) is 3.32. The molecule has 3 heterocycles. The fraction of sp³-hybridized carbons (Fsp3) is 0.529. The molecule has 2 aromatic heterocycles. The van der Waals surface area contributed by atoms with Crippen LogP contribution in [0.25, 0.3) is 10.8 Å². The zero-order chi connectivity index (χ0) is 18.3. The molecular formula is C17H20N4O3S2. The van der Waals surface area contributed by atoms with Crippen LogP contribution in [0.2, 0.25) is 0 Å². The summed E-state index contributed by atoms with van der Waals surface area (Å²) >= 11 is 2.90. The molecule has 4 rings (SSSR count). The number of thioether (sulfide) groups is 1. The lowest BCUT2D eigenvalue weighted by Gasteiger charge is -2.16. The van der Waals surface area contributed by atoms with Gasteiger partial charge in [0.25, 0.3) is 11.1 Å². The molecule has 26 heavy (non-hydrogen) atoms. The van der Waals surface area contributed by atoms with Crippen LogP contribution < -0.4 is 5.32 Å². The van der Waals surface area contributed by atoms with Gasteiger partial charge in [-0.25, -0.2) is 4.79 Å². The highest BCUT2D eigenvalue weighted by atomic mass is 32.2. The first kappa shape index (κ1) is 17.5. The highest BCUT2D eigenvalue weighted by molar-refractivity contribution is 8.00. The molecule has 7 nitrogen and oxygen atoms in total. The van der Waals surface area contributed by atoms with Crippen molar-refractivity contribution in [1.29, 1.82) is 0 Å². The largest absolute Gasteiger partial charge is 0.410 e. The SMILES string of the molecule is C[C@H]1CCc2sc(-c3nnc(S[C@H](C)C(=O)N4CCNC4=O)o3)cc2C1. The minimum Gasteiger partial charge on any atom is -0.410 e. The predicted octanol–water partition coefficient (Wildman–Crippen LogP) is 2.96. The second kappa shape index (κ2) is 7.03. The van der Waals surface area contributed by atoms with Crippen LogP contribution in [0.15, 0.2) is 15.7 Å². The first-order valence-electron chi connectivity index (χ1n) is 8.72. The highest BCUT2D eigenvalue weighted by Crippen LogP contribution is 2.37. The van der Waals surface area contributed by atoms with Gasteiger partial charge in [0.05, 0.1) is 10.1 Å². The fourth-order valence-corrected chi connectivity index (χ4v) is 5.15. The summed E-state index contributed by atoms with van der Waals surface area (Å²) in [5.74, 6) is 0.969. The third-order valence-electron chi connectivity index (χ3n) is 4.69. The number of nitrogens with one attached hydrogen (secondary N) is 1. The van der Waals surface area contributed by atoms with Gasteiger partial charge in [-0.3, -0.25) is 9.69 Å². The third kappa shape index (κ3) is 3.37. The van der Waals surface area contributed by atoms with E-state index in [0.717, 1.165) is 17.7 Å². The van der Waals surface area contributed by atoms with E-state index in [0.29, 0.717) is 30.1 Å². The van der Waals surface area contributed by atoms with Crippen molar-refractivity contribution in [3.05, 3.63) is 16.5 Å². The van der Waals surface area contributed by atoms with Gasteiger partial charge in [0, 0.05) is 18.0 Å².